The van der Waals surface area contributed by atoms with Gasteiger partial charge in [0.05, 0.1) is 0 Å². The maximum absolute atomic E-state index is 11.1. The molecule has 35 heavy (non-hydrogen) atoms. The predicted octanol–water partition coefficient (Wildman–Crippen LogP) is -3.53. The molecule has 0 aliphatic carbocycles. The monoisotopic (exact) mass is 557 g/mol. The van der Waals surface area contributed by atoms with Crippen LogP contribution in [0, 0.1) is 0 Å². The van der Waals surface area contributed by atoms with E-state index in [4.69, 9.17) is 10.2 Å². The van der Waals surface area contributed by atoms with Crippen molar-refractivity contribution in [3.05, 3.63) is 60.7 Å². The Labute approximate surface area is 211 Å². The smallest absolute Gasteiger partial charge is 0.809 e. The van der Waals surface area contributed by atoms with Crippen molar-refractivity contribution < 1.29 is 66.9 Å². The van der Waals surface area contributed by atoms with Crippen LogP contribution in [0.4, 0.5) is 0 Å². The summed E-state index contributed by atoms with van der Waals surface area (Å²) < 4.78 is 51.5. The van der Waals surface area contributed by atoms with Crippen LogP contribution in [0.25, 0.3) is 0 Å². The summed E-state index contributed by atoms with van der Waals surface area (Å²) in [5.74, 6) is -0.373. The van der Waals surface area contributed by atoms with Crippen molar-refractivity contribution in [1.29, 1.82) is 0 Å². The third-order valence-electron chi connectivity index (χ3n) is 3.08. The quantitative estimate of drug-likeness (QED) is 0.235. The van der Waals surface area contributed by atoms with Crippen LogP contribution in [0.3, 0.4) is 0 Å². The second-order valence-electron chi connectivity index (χ2n) is 5.66. The van der Waals surface area contributed by atoms with E-state index < -0.39 is 41.6 Å². The molecule has 0 saturated heterocycles. The van der Waals surface area contributed by atoms with E-state index in [9.17, 15) is 47.6 Å². The van der Waals surface area contributed by atoms with E-state index >= 15 is 0 Å². The second-order valence-corrected chi connectivity index (χ2v) is 13.1. The van der Waals surface area contributed by atoms with Crippen LogP contribution < -0.4 is 38.4 Å². The predicted molar refractivity (Wildman–Crippen MR) is 114 cm³/mol. The molecule has 0 radical (unpaired) electrons. The summed E-state index contributed by atoms with van der Waals surface area (Å²) in [6.07, 6.45) is 0. The number of hydrogen-bond acceptors (Lipinski definition) is 14. The molecule has 0 heterocycles. The number of rotatable bonds is 8. The van der Waals surface area contributed by atoms with Crippen LogP contribution in [0.1, 0.15) is 0 Å². The second kappa shape index (κ2) is 15.4. The molecule has 2 rings (SSSR count). The summed E-state index contributed by atoms with van der Waals surface area (Å²) in [7, 11) is -21.7. The molecule has 4 unspecified atom stereocenters. The molecule has 180 valence electrons. The molecule has 0 saturated carbocycles. The minimum atomic E-state index is -5.66. The summed E-state index contributed by atoms with van der Waals surface area (Å²) in [6.45, 7) is 0. The average Bonchev–Trinajstić information content (AvgIpc) is 2.67. The Morgan fingerprint density at radius 3 is 0.971 bits per heavy atom. The zero-order chi connectivity index (χ0) is 24.8. The normalized spacial score (nSPS) is 16.0. The molecule has 0 aliphatic heterocycles. The van der Waals surface area contributed by atoms with Crippen LogP contribution in [0.15, 0.2) is 60.7 Å². The van der Waals surface area contributed by atoms with E-state index in [0.717, 1.165) is 0 Å². The van der Waals surface area contributed by atoms with Gasteiger partial charge in [0.25, 0.3) is 0 Å². The molecule has 2 aromatic carbocycles. The first-order chi connectivity index (χ1) is 14.5. The van der Waals surface area contributed by atoms with Gasteiger partial charge >= 0.3 is 30.4 Å². The zero-order valence-electron chi connectivity index (χ0n) is 17.6. The van der Waals surface area contributed by atoms with Gasteiger partial charge in [-0.1, -0.05) is 36.4 Å². The third kappa shape index (κ3) is 13.3. The molecule has 0 fully saturated rings. The van der Waals surface area contributed by atoms with Gasteiger partial charge in [-0.15, -0.1) is 0 Å². The molecule has 2 N–H and O–H groups in total. The third-order valence-corrected chi connectivity index (χ3v) is 9.67. The summed E-state index contributed by atoms with van der Waals surface area (Å²) in [5.41, 5.74) is -6.17. The van der Waals surface area contributed by atoms with Crippen LogP contribution in [-0.2, 0) is 18.3 Å². The van der Waals surface area contributed by atoms with Crippen molar-refractivity contribution in [2.45, 2.75) is 11.2 Å². The summed E-state index contributed by atoms with van der Waals surface area (Å²) in [5, 5.41) is 17.6. The Morgan fingerprint density at radius 2 is 0.771 bits per heavy atom. The van der Waals surface area contributed by atoms with Gasteiger partial charge in [-0.25, -0.2) is 0 Å². The molecular formula is C14H14Be3O14P4. The Hall–Kier alpha value is -0.854. The van der Waals surface area contributed by atoms with E-state index in [0.29, 0.717) is 0 Å². The van der Waals surface area contributed by atoms with Crippen LogP contribution >= 0.6 is 30.4 Å². The fourth-order valence-corrected chi connectivity index (χ4v) is 5.77. The van der Waals surface area contributed by atoms with Gasteiger partial charge in [0, 0.05) is 0 Å². The number of aliphatic hydroxyl groups excluding tert-OH is 2. The summed E-state index contributed by atoms with van der Waals surface area (Å²) in [6, 6.07) is 13.8. The van der Waals surface area contributed by atoms with E-state index in [1.54, 1.807) is 12.1 Å². The van der Waals surface area contributed by atoms with E-state index in [2.05, 4.69) is 9.05 Å². The molecule has 0 aliphatic rings. The molecule has 0 bridgehead atoms. The first kappa shape index (κ1) is 38.7. The molecule has 21 heteroatoms. The van der Waals surface area contributed by atoms with Crippen molar-refractivity contribution >= 4 is 60.7 Å². The SMILES string of the molecule is O=P([O-])([O-])C(O)P(=O)([O-])Oc1ccccc1.O=P([O-])([O-])C(O)P(=O)([O-])Oc1ccccc1.[Be+2].[Be+2].[Be+2]. The minimum absolute atomic E-state index is 0. The Morgan fingerprint density at radius 1 is 0.543 bits per heavy atom. The average molecular weight is 557 g/mol. The van der Waals surface area contributed by atoms with Crippen LogP contribution in [0.2, 0.25) is 0 Å². The van der Waals surface area contributed by atoms with Gasteiger partial charge in [0.15, 0.2) is 11.2 Å². The van der Waals surface area contributed by atoms with Gasteiger partial charge in [-0.2, -0.15) is 0 Å². The number of benzene rings is 2. The summed E-state index contributed by atoms with van der Waals surface area (Å²) >= 11 is 0. The first-order valence-corrected chi connectivity index (χ1v) is 14.4. The molecule has 14 nitrogen and oxygen atoms in total. The van der Waals surface area contributed by atoms with Crippen LogP contribution in [0.5, 0.6) is 11.5 Å². The van der Waals surface area contributed by atoms with Gasteiger partial charge in [0.2, 0.25) is 15.2 Å². The Balaban J connectivity index is -0.000000539. The standard InChI is InChI=1S/2C7H10O7P2.3Be/c2*8-7(15(9,10)11)16(12,13)14-6-4-2-1-3-5-6;;;/h2*1-5,7-8H,(H,12,13)(H2,9,10,11);;;/q;;3*+2/p-6. The van der Waals surface area contributed by atoms with Gasteiger partial charge in [0.1, 0.15) is 11.5 Å². The van der Waals surface area contributed by atoms with Crippen molar-refractivity contribution in [3.63, 3.8) is 0 Å². The van der Waals surface area contributed by atoms with Crippen molar-refractivity contribution in [1.82, 2.24) is 0 Å². The van der Waals surface area contributed by atoms with E-state index in [1.165, 1.54) is 48.5 Å². The largest absolute Gasteiger partial charge is 2.00 e. The molecule has 4 atom stereocenters. The maximum atomic E-state index is 11.1. The Kier molecular flexibility index (Phi) is 17.0. The van der Waals surface area contributed by atoms with Gasteiger partial charge in [-0.3, -0.25) is 9.13 Å². The number of hydrogen-bond donors (Lipinski definition) is 2. The number of para-hydroxylation sites is 2. The van der Waals surface area contributed by atoms with Crippen molar-refractivity contribution in [2.75, 3.05) is 0 Å². The molecule has 0 amide bonds. The first-order valence-electron chi connectivity index (χ1n) is 7.97. The van der Waals surface area contributed by atoms with E-state index in [1.807, 2.05) is 0 Å². The topological polar surface area (TPSA) is 266 Å². The molecule has 0 spiro atoms. The minimum Gasteiger partial charge on any atom is -0.809 e. The van der Waals surface area contributed by atoms with E-state index in [-0.39, 0.29) is 41.9 Å². The number of aliphatic hydroxyl groups is 2. The van der Waals surface area contributed by atoms with Crippen molar-refractivity contribution in [2.24, 2.45) is 0 Å². The van der Waals surface area contributed by atoms with Gasteiger partial charge < -0.3 is 57.8 Å². The molecular weight excluding hydrogens is 543 g/mol. The maximum Gasteiger partial charge on any atom is 2.00 e. The fraction of sp³-hybridized carbons (Fsp3) is 0.143. The Bertz CT molecular complexity index is 979. The summed E-state index contributed by atoms with van der Waals surface area (Å²) in [4.78, 5) is 63.6. The molecule has 0 aromatic heterocycles. The fourth-order valence-electron chi connectivity index (χ4n) is 1.70. The van der Waals surface area contributed by atoms with Crippen LogP contribution in [-0.4, -0.2) is 51.7 Å². The van der Waals surface area contributed by atoms with Gasteiger partial charge in [-0.05, 0) is 39.5 Å². The molecule has 2 aromatic rings. The zero-order valence-corrected chi connectivity index (χ0v) is 21.2. The van der Waals surface area contributed by atoms with Crippen molar-refractivity contribution in [3.8, 4) is 11.5 Å².